The lowest BCUT2D eigenvalue weighted by molar-refractivity contribution is -0.123. The Hall–Kier alpha value is -1.35. The van der Waals surface area contributed by atoms with Crippen molar-refractivity contribution in [2.45, 2.75) is 0 Å². The lowest BCUT2D eigenvalue weighted by atomic mass is 10.2. The first kappa shape index (κ1) is 15.7. The van der Waals surface area contributed by atoms with Crippen LogP contribution in [0.3, 0.4) is 0 Å². The second-order valence-electron chi connectivity index (χ2n) is 3.58. The van der Waals surface area contributed by atoms with Crippen molar-refractivity contribution in [3.63, 3.8) is 0 Å². The van der Waals surface area contributed by atoms with E-state index >= 15 is 0 Å². The smallest absolute Gasteiger partial charge is 0.335 e. The summed E-state index contributed by atoms with van der Waals surface area (Å²) in [5.41, 5.74) is 0.121. The molecule has 1 amide bonds. The number of nitrogens with one attached hydrogen (secondary N) is 1. The van der Waals surface area contributed by atoms with Gasteiger partial charge in [0.05, 0.1) is 15.7 Å². The molecule has 0 aromatic heterocycles. The Morgan fingerprint density at radius 2 is 2.16 bits per heavy atom. The van der Waals surface area contributed by atoms with Crippen molar-refractivity contribution in [2.75, 3.05) is 26.9 Å². The van der Waals surface area contributed by atoms with Crippen molar-refractivity contribution in [1.82, 2.24) is 5.32 Å². The molecule has 1 rings (SSSR count). The van der Waals surface area contributed by atoms with E-state index < -0.39 is 5.97 Å². The molecule has 0 saturated heterocycles. The Kier molecular flexibility index (Phi) is 6.57. The van der Waals surface area contributed by atoms with E-state index in [-0.39, 0.29) is 18.1 Å². The molecular formula is C12H14INO5. The van der Waals surface area contributed by atoms with Gasteiger partial charge in [0, 0.05) is 13.7 Å². The number of hydrogen-bond donors (Lipinski definition) is 2. The van der Waals surface area contributed by atoms with Crippen molar-refractivity contribution in [2.24, 2.45) is 0 Å². The summed E-state index contributed by atoms with van der Waals surface area (Å²) in [4.78, 5) is 22.2. The number of halogens is 1. The van der Waals surface area contributed by atoms with Crippen LogP contribution in [0.5, 0.6) is 5.75 Å². The lowest BCUT2D eigenvalue weighted by Gasteiger charge is -2.09. The summed E-state index contributed by atoms with van der Waals surface area (Å²) >= 11 is 2.01. The van der Waals surface area contributed by atoms with E-state index in [9.17, 15) is 9.59 Å². The average molecular weight is 379 g/mol. The third-order valence-corrected chi connectivity index (χ3v) is 3.06. The molecule has 104 valence electrons. The molecule has 0 fully saturated rings. The number of aromatic carboxylic acids is 1. The first-order chi connectivity index (χ1) is 9.04. The Bertz CT molecular complexity index is 463. The van der Waals surface area contributed by atoms with Crippen LogP contribution < -0.4 is 10.1 Å². The summed E-state index contributed by atoms with van der Waals surface area (Å²) in [6.45, 7) is 0.672. The number of ether oxygens (including phenoxy) is 2. The van der Waals surface area contributed by atoms with Gasteiger partial charge in [-0.15, -0.1) is 0 Å². The number of methoxy groups -OCH3 is 1. The zero-order chi connectivity index (χ0) is 14.3. The van der Waals surface area contributed by atoms with Gasteiger partial charge >= 0.3 is 5.97 Å². The fourth-order valence-electron chi connectivity index (χ4n) is 1.23. The maximum absolute atomic E-state index is 11.4. The zero-order valence-corrected chi connectivity index (χ0v) is 12.5. The molecule has 0 atom stereocenters. The van der Waals surface area contributed by atoms with Gasteiger partial charge in [-0.3, -0.25) is 4.79 Å². The molecule has 0 aliphatic carbocycles. The molecule has 0 unspecified atom stereocenters. The van der Waals surface area contributed by atoms with Gasteiger partial charge in [0.15, 0.2) is 6.61 Å². The average Bonchev–Trinajstić information content (AvgIpc) is 2.37. The number of hydrogen-bond acceptors (Lipinski definition) is 4. The van der Waals surface area contributed by atoms with Gasteiger partial charge in [-0.05, 0) is 40.8 Å². The first-order valence-electron chi connectivity index (χ1n) is 5.46. The van der Waals surface area contributed by atoms with Gasteiger partial charge in [0.2, 0.25) is 0 Å². The number of amides is 1. The fraction of sp³-hybridized carbons (Fsp3) is 0.333. The van der Waals surface area contributed by atoms with Gasteiger partial charge in [0.1, 0.15) is 5.75 Å². The van der Waals surface area contributed by atoms with E-state index in [1.54, 1.807) is 13.2 Å². The van der Waals surface area contributed by atoms with Crippen LogP contribution in [-0.4, -0.2) is 43.9 Å². The summed E-state index contributed by atoms with van der Waals surface area (Å²) in [5.74, 6) is -0.943. The van der Waals surface area contributed by atoms with E-state index in [1.165, 1.54) is 12.1 Å². The Morgan fingerprint density at radius 1 is 1.42 bits per heavy atom. The predicted octanol–water partition coefficient (Wildman–Crippen LogP) is 1.13. The fourth-order valence-corrected chi connectivity index (χ4v) is 1.73. The van der Waals surface area contributed by atoms with E-state index in [0.717, 1.165) is 3.57 Å². The number of carbonyl (C=O) groups is 2. The highest BCUT2D eigenvalue weighted by Crippen LogP contribution is 2.22. The molecule has 7 heteroatoms. The molecule has 0 aliphatic rings. The summed E-state index contributed by atoms with van der Waals surface area (Å²) < 4.78 is 10.8. The molecule has 0 radical (unpaired) electrons. The highest BCUT2D eigenvalue weighted by Gasteiger charge is 2.09. The van der Waals surface area contributed by atoms with E-state index in [1.807, 2.05) is 22.6 Å². The van der Waals surface area contributed by atoms with Crippen molar-refractivity contribution in [3.8, 4) is 5.75 Å². The molecule has 0 heterocycles. The molecular weight excluding hydrogens is 365 g/mol. The van der Waals surface area contributed by atoms with Gasteiger partial charge in [0.25, 0.3) is 5.91 Å². The topological polar surface area (TPSA) is 84.9 Å². The molecule has 0 aliphatic heterocycles. The van der Waals surface area contributed by atoms with Crippen LogP contribution in [0.1, 0.15) is 10.4 Å². The highest BCUT2D eigenvalue weighted by atomic mass is 127. The van der Waals surface area contributed by atoms with Crippen LogP contribution in [0.15, 0.2) is 18.2 Å². The van der Waals surface area contributed by atoms with Crippen LogP contribution in [-0.2, 0) is 9.53 Å². The number of rotatable bonds is 7. The van der Waals surface area contributed by atoms with Crippen LogP contribution >= 0.6 is 22.6 Å². The quantitative estimate of drug-likeness (QED) is 0.548. The van der Waals surface area contributed by atoms with Crippen LogP contribution in [0, 0.1) is 3.57 Å². The Morgan fingerprint density at radius 3 is 2.79 bits per heavy atom. The van der Waals surface area contributed by atoms with Crippen LogP contribution in [0.4, 0.5) is 0 Å². The van der Waals surface area contributed by atoms with Crippen molar-refractivity contribution >= 4 is 34.5 Å². The largest absolute Gasteiger partial charge is 0.483 e. The summed E-state index contributed by atoms with van der Waals surface area (Å²) in [5, 5.41) is 11.5. The number of carboxylic acids is 1. The SMILES string of the molecule is COCCNC(=O)COc1cc(C(=O)O)ccc1I. The van der Waals surface area contributed by atoms with E-state index in [2.05, 4.69) is 5.32 Å². The van der Waals surface area contributed by atoms with Crippen molar-refractivity contribution in [3.05, 3.63) is 27.3 Å². The standard InChI is InChI=1S/C12H14INO5/c1-18-5-4-14-11(15)7-19-10-6-8(12(16)17)2-3-9(10)13/h2-3,6H,4-5,7H2,1H3,(H,14,15)(H,16,17). The maximum atomic E-state index is 11.4. The molecule has 6 nitrogen and oxygen atoms in total. The summed E-state index contributed by atoms with van der Waals surface area (Å²) in [6, 6.07) is 4.50. The minimum Gasteiger partial charge on any atom is -0.483 e. The number of carboxylic acid groups (broad SMARTS) is 1. The predicted molar refractivity (Wildman–Crippen MR) is 76.5 cm³/mol. The first-order valence-corrected chi connectivity index (χ1v) is 6.53. The van der Waals surface area contributed by atoms with Crippen LogP contribution in [0.2, 0.25) is 0 Å². The minimum atomic E-state index is -1.04. The molecule has 1 aromatic carbocycles. The normalized spacial score (nSPS) is 10.0. The molecule has 19 heavy (non-hydrogen) atoms. The molecule has 0 bridgehead atoms. The van der Waals surface area contributed by atoms with E-state index in [4.69, 9.17) is 14.6 Å². The van der Waals surface area contributed by atoms with Crippen molar-refractivity contribution in [1.29, 1.82) is 0 Å². The monoisotopic (exact) mass is 379 g/mol. The Balaban J connectivity index is 2.54. The lowest BCUT2D eigenvalue weighted by Crippen LogP contribution is -2.31. The van der Waals surface area contributed by atoms with Gasteiger partial charge in [-0.1, -0.05) is 0 Å². The molecule has 0 saturated carbocycles. The number of carbonyl (C=O) groups excluding carboxylic acids is 1. The van der Waals surface area contributed by atoms with Crippen LogP contribution in [0.25, 0.3) is 0 Å². The highest BCUT2D eigenvalue weighted by molar-refractivity contribution is 14.1. The summed E-state index contributed by atoms with van der Waals surface area (Å²) in [7, 11) is 1.54. The zero-order valence-electron chi connectivity index (χ0n) is 10.3. The molecule has 2 N–H and O–H groups in total. The number of benzene rings is 1. The maximum Gasteiger partial charge on any atom is 0.335 e. The second kappa shape index (κ2) is 7.95. The third kappa shape index (κ3) is 5.43. The summed E-state index contributed by atoms with van der Waals surface area (Å²) in [6.07, 6.45) is 0. The molecule has 0 spiro atoms. The van der Waals surface area contributed by atoms with Gasteiger partial charge < -0.3 is 19.9 Å². The second-order valence-corrected chi connectivity index (χ2v) is 4.74. The van der Waals surface area contributed by atoms with E-state index in [0.29, 0.717) is 18.9 Å². The van der Waals surface area contributed by atoms with Gasteiger partial charge in [-0.25, -0.2) is 4.79 Å². The Labute approximate surface area is 124 Å². The van der Waals surface area contributed by atoms with Crippen molar-refractivity contribution < 1.29 is 24.2 Å². The molecule has 1 aromatic rings. The van der Waals surface area contributed by atoms with Gasteiger partial charge in [-0.2, -0.15) is 0 Å². The minimum absolute atomic E-state index is 0.121. The third-order valence-electron chi connectivity index (χ3n) is 2.17.